The van der Waals surface area contributed by atoms with Crippen molar-refractivity contribution in [3.05, 3.63) is 29.8 Å². The molecule has 3 nitrogen and oxygen atoms in total. The van der Waals surface area contributed by atoms with Crippen molar-refractivity contribution in [2.45, 2.75) is 50.5 Å². The van der Waals surface area contributed by atoms with Crippen molar-refractivity contribution in [3.63, 3.8) is 0 Å². The van der Waals surface area contributed by atoms with Gasteiger partial charge in [0.1, 0.15) is 0 Å². The molecule has 1 saturated heterocycles. The van der Waals surface area contributed by atoms with E-state index >= 15 is 0 Å². The van der Waals surface area contributed by atoms with Gasteiger partial charge in [0.05, 0.1) is 4.90 Å². The second-order valence-corrected chi connectivity index (χ2v) is 8.27. The van der Waals surface area contributed by atoms with Crippen LogP contribution in [0, 0.1) is 5.92 Å². The summed E-state index contributed by atoms with van der Waals surface area (Å²) in [7, 11) is -3.36. The highest BCUT2D eigenvalue weighted by Gasteiger charge is 2.36. The largest absolute Gasteiger partial charge is 0.243 e. The zero-order valence-electron chi connectivity index (χ0n) is 12.8. The second kappa shape index (κ2) is 7.12. The van der Waals surface area contributed by atoms with Crippen molar-refractivity contribution in [1.29, 1.82) is 0 Å². The Morgan fingerprint density at radius 1 is 1.29 bits per heavy atom. The lowest BCUT2D eigenvalue weighted by Gasteiger charge is -2.27. The molecule has 0 bridgehead atoms. The highest BCUT2D eigenvalue weighted by molar-refractivity contribution is 7.89. The van der Waals surface area contributed by atoms with E-state index in [0.29, 0.717) is 23.2 Å². The maximum atomic E-state index is 12.8. The molecule has 0 amide bonds. The van der Waals surface area contributed by atoms with E-state index in [-0.39, 0.29) is 6.04 Å². The predicted octanol–water partition coefficient (Wildman–Crippen LogP) is 3.67. The van der Waals surface area contributed by atoms with Crippen LogP contribution in [0.2, 0.25) is 0 Å². The molecular weight excluding hydrogens is 306 g/mol. The molecule has 21 heavy (non-hydrogen) atoms. The Morgan fingerprint density at radius 3 is 2.52 bits per heavy atom. The summed E-state index contributed by atoms with van der Waals surface area (Å²) < 4.78 is 27.2. The molecule has 0 aliphatic carbocycles. The van der Waals surface area contributed by atoms with Gasteiger partial charge in [0.25, 0.3) is 0 Å². The summed E-state index contributed by atoms with van der Waals surface area (Å²) in [5, 5.41) is 0. The van der Waals surface area contributed by atoms with Gasteiger partial charge < -0.3 is 0 Å². The molecule has 0 N–H and O–H groups in total. The monoisotopic (exact) mass is 329 g/mol. The summed E-state index contributed by atoms with van der Waals surface area (Å²) in [6.45, 7) is 4.82. The van der Waals surface area contributed by atoms with Crippen LogP contribution in [0.1, 0.15) is 38.7 Å². The van der Waals surface area contributed by atoms with Crippen molar-refractivity contribution < 1.29 is 8.42 Å². The quantitative estimate of drug-likeness (QED) is 0.747. The molecule has 1 aromatic carbocycles. The first-order valence-corrected chi connectivity index (χ1v) is 9.61. The third-order valence-electron chi connectivity index (χ3n) is 4.15. The molecule has 1 atom stereocenters. The van der Waals surface area contributed by atoms with Gasteiger partial charge in [-0.1, -0.05) is 26.0 Å². The van der Waals surface area contributed by atoms with Gasteiger partial charge >= 0.3 is 0 Å². The molecule has 1 aliphatic rings. The summed E-state index contributed by atoms with van der Waals surface area (Å²) in [5.74, 6) is 0.981. The van der Waals surface area contributed by atoms with Crippen molar-refractivity contribution in [3.8, 4) is 0 Å². The number of hydrogen-bond donors (Lipinski definition) is 0. The first kappa shape index (κ1) is 16.8. The first-order chi connectivity index (χ1) is 9.96. The minimum Gasteiger partial charge on any atom is -0.207 e. The highest BCUT2D eigenvalue weighted by atomic mass is 35.5. The highest BCUT2D eigenvalue weighted by Crippen LogP contribution is 2.30. The lowest BCUT2D eigenvalue weighted by atomic mass is 10.0. The van der Waals surface area contributed by atoms with E-state index in [2.05, 4.69) is 13.8 Å². The lowest BCUT2D eigenvalue weighted by Crippen LogP contribution is -2.38. The molecule has 5 heteroatoms. The Kier molecular flexibility index (Phi) is 5.69. The van der Waals surface area contributed by atoms with Gasteiger partial charge in [-0.15, -0.1) is 11.6 Å². The molecule has 1 fully saturated rings. The molecule has 2 rings (SSSR count). The molecule has 0 radical (unpaired) electrons. The van der Waals surface area contributed by atoms with Crippen molar-refractivity contribution in [2.75, 3.05) is 12.4 Å². The van der Waals surface area contributed by atoms with Crippen LogP contribution in [0.4, 0.5) is 0 Å². The van der Waals surface area contributed by atoms with E-state index in [4.69, 9.17) is 11.6 Å². The number of aryl methyl sites for hydroxylation is 1. The van der Waals surface area contributed by atoms with Gasteiger partial charge in [-0.25, -0.2) is 8.42 Å². The Labute approximate surface area is 133 Å². The zero-order chi connectivity index (χ0) is 15.5. The number of rotatable bonds is 6. The minimum absolute atomic E-state index is 0.130. The third kappa shape index (κ3) is 3.79. The van der Waals surface area contributed by atoms with Crippen LogP contribution >= 0.6 is 11.6 Å². The van der Waals surface area contributed by atoms with E-state index in [1.54, 1.807) is 16.4 Å². The van der Waals surface area contributed by atoms with E-state index < -0.39 is 10.0 Å². The number of nitrogens with zero attached hydrogens (tertiary/aromatic N) is 1. The van der Waals surface area contributed by atoms with Crippen LogP contribution in [0.5, 0.6) is 0 Å². The van der Waals surface area contributed by atoms with Crippen LogP contribution < -0.4 is 0 Å². The smallest absolute Gasteiger partial charge is 0.207 e. The molecular formula is C16H24ClNO2S. The Morgan fingerprint density at radius 2 is 1.95 bits per heavy atom. The predicted molar refractivity (Wildman–Crippen MR) is 87.2 cm³/mol. The number of alkyl halides is 1. The van der Waals surface area contributed by atoms with E-state index in [1.807, 2.05) is 12.1 Å². The van der Waals surface area contributed by atoms with E-state index in [1.165, 1.54) is 0 Å². The van der Waals surface area contributed by atoms with Crippen LogP contribution in [0.15, 0.2) is 29.2 Å². The molecule has 118 valence electrons. The summed E-state index contributed by atoms with van der Waals surface area (Å²) >= 11 is 5.68. The van der Waals surface area contributed by atoms with E-state index in [0.717, 1.165) is 31.2 Å². The van der Waals surface area contributed by atoms with Crippen LogP contribution in [-0.4, -0.2) is 31.2 Å². The number of hydrogen-bond acceptors (Lipinski definition) is 2. The van der Waals surface area contributed by atoms with Crippen molar-refractivity contribution in [1.82, 2.24) is 4.31 Å². The molecule has 0 aromatic heterocycles. The standard InChI is InChI=1S/C16H24ClNO2S/c1-13(2)16-6-4-12-18(16)21(19,20)15-9-7-14(8-10-15)5-3-11-17/h7-10,13,16H,3-6,11-12H2,1-2H3. The molecule has 1 aromatic rings. The average Bonchev–Trinajstić information content (AvgIpc) is 2.96. The summed E-state index contributed by atoms with van der Waals surface area (Å²) in [6, 6.07) is 7.40. The number of sulfonamides is 1. The minimum atomic E-state index is -3.36. The number of benzene rings is 1. The Hall–Kier alpha value is -0.580. The van der Waals surface area contributed by atoms with Gasteiger partial charge in [-0.3, -0.25) is 0 Å². The van der Waals surface area contributed by atoms with Crippen LogP contribution in [-0.2, 0) is 16.4 Å². The fourth-order valence-electron chi connectivity index (χ4n) is 2.96. The second-order valence-electron chi connectivity index (χ2n) is 6.01. The fraction of sp³-hybridized carbons (Fsp3) is 0.625. The van der Waals surface area contributed by atoms with Crippen LogP contribution in [0.25, 0.3) is 0 Å². The zero-order valence-corrected chi connectivity index (χ0v) is 14.3. The first-order valence-electron chi connectivity index (χ1n) is 7.63. The van der Waals surface area contributed by atoms with Crippen molar-refractivity contribution in [2.24, 2.45) is 5.92 Å². The van der Waals surface area contributed by atoms with Gasteiger partial charge in [-0.05, 0) is 49.3 Å². The molecule has 0 spiro atoms. The average molecular weight is 330 g/mol. The molecule has 1 aliphatic heterocycles. The maximum absolute atomic E-state index is 12.8. The fourth-order valence-corrected chi connectivity index (χ4v) is 4.92. The van der Waals surface area contributed by atoms with Gasteiger partial charge in [0.15, 0.2) is 0 Å². The SMILES string of the molecule is CC(C)C1CCCN1S(=O)(=O)c1ccc(CCCCl)cc1. The third-order valence-corrected chi connectivity index (χ3v) is 6.35. The summed E-state index contributed by atoms with van der Waals surface area (Å²) in [5.41, 5.74) is 1.14. The molecule has 1 heterocycles. The topological polar surface area (TPSA) is 37.4 Å². The Balaban J connectivity index is 2.19. The van der Waals surface area contributed by atoms with Gasteiger partial charge in [0.2, 0.25) is 10.0 Å². The summed E-state index contributed by atoms with van der Waals surface area (Å²) in [6.07, 6.45) is 3.72. The molecule has 1 unspecified atom stereocenters. The van der Waals surface area contributed by atoms with E-state index in [9.17, 15) is 8.42 Å². The van der Waals surface area contributed by atoms with Crippen LogP contribution in [0.3, 0.4) is 0 Å². The van der Waals surface area contributed by atoms with Crippen molar-refractivity contribution >= 4 is 21.6 Å². The normalized spacial score (nSPS) is 20.3. The Bertz CT molecular complexity index is 554. The molecule has 0 saturated carbocycles. The van der Waals surface area contributed by atoms with Gasteiger partial charge in [-0.2, -0.15) is 4.31 Å². The number of halogens is 1. The lowest BCUT2D eigenvalue weighted by molar-refractivity contribution is 0.316. The van der Waals surface area contributed by atoms with Gasteiger partial charge in [0, 0.05) is 18.5 Å². The summed E-state index contributed by atoms with van der Waals surface area (Å²) in [4.78, 5) is 0.407. The maximum Gasteiger partial charge on any atom is 0.243 e.